The van der Waals surface area contributed by atoms with Gasteiger partial charge in [-0.25, -0.2) is 4.98 Å². The molecule has 1 heterocycles. The van der Waals surface area contributed by atoms with Crippen LogP contribution in [-0.4, -0.2) is 47.6 Å². The number of nitrogens with zero attached hydrogens (tertiary/aromatic N) is 4. The number of nitrogens with one attached hydrogen (secondary N) is 1. The van der Waals surface area contributed by atoms with Gasteiger partial charge in [0.25, 0.3) is 0 Å². The maximum absolute atomic E-state index is 4.62. The highest BCUT2D eigenvalue weighted by atomic mass is 127. The molecule has 5 nitrogen and oxygen atoms in total. The number of halogens is 1. The van der Waals surface area contributed by atoms with Crippen molar-refractivity contribution in [2.75, 3.05) is 27.2 Å². The van der Waals surface area contributed by atoms with Gasteiger partial charge in [0.05, 0.1) is 11.0 Å². The highest BCUT2D eigenvalue weighted by Gasteiger charge is 2.06. The monoisotopic (exact) mass is 415 g/mol. The van der Waals surface area contributed by atoms with Crippen LogP contribution in [0, 0.1) is 6.92 Å². The predicted molar refractivity (Wildman–Crippen MR) is 104 cm³/mol. The van der Waals surface area contributed by atoms with Gasteiger partial charge in [-0.05, 0) is 32.4 Å². The molecule has 2 rings (SSSR count). The Morgan fingerprint density at radius 3 is 2.73 bits per heavy atom. The molecule has 0 saturated carbocycles. The van der Waals surface area contributed by atoms with E-state index in [0.717, 1.165) is 43.4 Å². The first-order valence-corrected chi connectivity index (χ1v) is 7.51. The Bertz CT molecular complexity index is 618. The van der Waals surface area contributed by atoms with Crippen molar-refractivity contribution in [2.45, 2.75) is 26.8 Å². The summed E-state index contributed by atoms with van der Waals surface area (Å²) in [4.78, 5) is 11.2. The summed E-state index contributed by atoms with van der Waals surface area (Å²) in [6.07, 6.45) is 1.00. The summed E-state index contributed by atoms with van der Waals surface area (Å²) < 4.78 is 2.27. The van der Waals surface area contributed by atoms with Crippen molar-refractivity contribution in [1.29, 1.82) is 0 Å². The van der Waals surface area contributed by atoms with Gasteiger partial charge in [0.1, 0.15) is 5.82 Å². The molecular weight excluding hydrogens is 389 g/mol. The topological polar surface area (TPSA) is 45.5 Å². The molecule has 0 saturated heterocycles. The molecule has 6 heteroatoms. The van der Waals surface area contributed by atoms with E-state index >= 15 is 0 Å². The first-order valence-electron chi connectivity index (χ1n) is 7.51. The number of aromatic nitrogens is 2. The van der Waals surface area contributed by atoms with Crippen LogP contribution in [0.4, 0.5) is 0 Å². The van der Waals surface area contributed by atoms with Crippen molar-refractivity contribution in [3.63, 3.8) is 0 Å². The molecule has 122 valence electrons. The van der Waals surface area contributed by atoms with Gasteiger partial charge < -0.3 is 14.8 Å². The fourth-order valence-electron chi connectivity index (χ4n) is 2.41. The molecule has 1 N–H and O–H groups in total. The smallest absolute Gasteiger partial charge is 0.193 e. The molecule has 0 aliphatic heterocycles. The first kappa shape index (κ1) is 18.7. The van der Waals surface area contributed by atoms with E-state index in [1.54, 1.807) is 0 Å². The average Bonchev–Trinajstić information content (AvgIpc) is 2.78. The number of para-hydroxylation sites is 2. The number of benzene rings is 1. The van der Waals surface area contributed by atoms with E-state index in [-0.39, 0.29) is 24.0 Å². The van der Waals surface area contributed by atoms with Crippen molar-refractivity contribution in [3.05, 3.63) is 30.1 Å². The zero-order valence-electron chi connectivity index (χ0n) is 13.8. The maximum atomic E-state index is 4.62. The van der Waals surface area contributed by atoms with Crippen LogP contribution in [0.2, 0.25) is 0 Å². The van der Waals surface area contributed by atoms with E-state index in [2.05, 4.69) is 51.9 Å². The molecular formula is C16H26IN5. The Hall–Kier alpha value is -1.31. The third kappa shape index (κ3) is 4.59. The summed E-state index contributed by atoms with van der Waals surface area (Å²) >= 11 is 0. The second-order valence-electron chi connectivity index (χ2n) is 5.28. The summed E-state index contributed by atoms with van der Waals surface area (Å²) in [5, 5.41) is 3.27. The second-order valence-corrected chi connectivity index (χ2v) is 5.28. The van der Waals surface area contributed by atoms with Crippen LogP contribution < -0.4 is 5.32 Å². The zero-order valence-corrected chi connectivity index (χ0v) is 16.2. The van der Waals surface area contributed by atoms with Crippen molar-refractivity contribution in [2.24, 2.45) is 4.99 Å². The fourth-order valence-corrected chi connectivity index (χ4v) is 2.41. The first-order chi connectivity index (χ1) is 10.1. The van der Waals surface area contributed by atoms with Gasteiger partial charge in [0.15, 0.2) is 5.96 Å². The minimum atomic E-state index is 0. The van der Waals surface area contributed by atoms with Gasteiger partial charge in [0, 0.05) is 33.7 Å². The van der Waals surface area contributed by atoms with E-state index in [1.807, 2.05) is 25.1 Å². The van der Waals surface area contributed by atoms with Gasteiger partial charge in [0.2, 0.25) is 0 Å². The van der Waals surface area contributed by atoms with Gasteiger partial charge in [-0.15, -0.1) is 24.0 Å². The number of aliphatic imine (C=N–C) groups is 1. The predicted octanol–water partition coefficient (Wildman–Crippen LogP) is 2.88. The van der Waals surface area contributed by atoms with Gasteiger partial charge >= 0.3 is 0 Å². The number of aryl methyl sites for hydroxylation is 2. The highest BCUT2D eigenvalue weighted by Crippen LogP contribution is 2.15. The van der Waals surface area contributed by atoms with Crippen molar-refractivity contribution in [3.8, 4) is 0 Å². The van der Waals surface area contributed by atoms with Crippen molar-refractivity contribution in [1.82, 2.24) is 19.8 Å². The third-order valence-electron chi connectivity index (χ3n) is 3.41. The molecule has 0 aliphatic rings. The lowest BCUT2D eigenvalue weighted by molar-refractivity contribution is 0.576. The molecule has 0 unspecified atom stereocenters. The molecule has 22 heavy (non-hydrogen) atoms. The number of imidazole rings is 1. The molecule has 1 aromatic heterocycles. The molecule has 1 aromatic carbocycles. The Labute approximate surface area is 149 Å². The lowest BCUT2D eigenvalue weighted by atomic mass is 10.3. The molecule has 0 aliphatic carbocycles. The molecule has 0 amide bonds. The lowest BCUT2D eigenvalue weighted by Gasteiger charge is -2.16. The Balaban J connectivity index is 0.00000242. The minimum Gasteiger partial charge on any atom is -0.357 e. The molecule has 2 aromatic rings. The summed E-state index contributed by atoms with van der Waals surface area (Å²) in [5.74, 6) is 2.02. The normalized spacial score (nSPS) is 11.4. The van der Waals surface area contributed by atoms with Crippen molar-refractivity contribution >= 4 is 41.0 Å². The highest BCUT2D eigenvalue weighted by molar-refractivity contribution is 14.0. The Morgan fingerprint density at radius 2 is 2.05 bits per heavy atom. The Morgan fingerprint density at radius 1 is 1.32 bits per heavy atom. The molecule has 0 spiro atoms. The van der Waals surface area contributed by atoms with Crippen LogP contribution in [0.1, 0.15) is 19.2 Å². The summed E-state index contributed by atoms with van der Waals surface area (Å²) in [5.41, 5.74) is 2.28. The van der Waals surface area contributed by atoms with E-state index in [0.29, 0.717) is 0 Å². The largest absolute Gasteiger partial charge is 0.357 e. The quantitative estimate of drug-likeness (QED) is 0.354. The van der Waals surface area contributed by atoms with E-state index < -0.39 is 0 Å². The zero-order chi connectivity index (χ0) is 15.2. The number of guanidine groups is 1. The average molecular weight is 415 g/mol. The summed E-state index contributed by atoms with van der Waals surface area (Å²) in [7, 11) is 4.02. The van der Waals surface area contributed by atoms with Crippen LogP contribution in [0.3, 0.4) is 0 Å². The molecule has 0 fully saturated rings. The number of rotatable bonds is 5. The van der Waals surface area contributed by atoms with Crippen LogP contribution in [-0.2, 0) is 6.54 Å². The second kappa shape index (κ2) is 8.97. The molecule has 0 atom stereocenters. The third-order valence-corrected chi connectivity index (χ3v) is 3.41. The summed E-state index contributed by atoms with van der Waals surface area (Å²) in [6.45, 7) is 6.80. The van der Waals surface area contributed by atoms with Crippen LogP contribution in [0.15, 0.2) is 29.3 Å². The van der Waals surface area contributed by atoms with E-state index in [9.17, 15) is 0 Å². The standard InChI is InChI=1S/C16H25N5.HI/c1-5-17-16(20(3)4)18-11-8-12-21-13(2)19-14-9-6-7-10-15(14)21;/h6-7,9-10H,5,8,11-12H2,1-4H3,(H,17,18);1H. The van der Waals surface area contributed by atoms with Gasteiger partial charge in [-0.2, -0.15) is 0 Å². The maximum Gasteiger partial charge on any atom is 0.193 e. The number of hydrogen-bond acceptors (Lipinski definition) is 2. The van der Waals surface area contributed by atoms with Crippen LogP contribution >= 0.6 is 24.0 Å². The number of hydrogen-bond donors (Lipinski definition) is 1. The lowest BCUT2D eigenvalue weighted by Crippen LogP contribution is -2.36. The molecule has 0 bridgehead atoms. The van der Waals surface area contributed by atoms with Gasteiger partial charge in [-0.1, -0.05) is 12.1 Å². The Kier molecular flexibility index (Phi) is 7.64. The van der Waals surface area contributed by atoms with Crippen molar-refractivity contribution < 1.29 is 0 Å². The van der Waals surface area contributed by atoms with Gasteiger partial charge in [-0.3, -0.25) is 4.99 Å². The number of fused-ring (bicyclic) bond motifs is 1. The van der Waals surface area contributed by atoms with E-state index in [1.165, 1.54) is 5.52 Å². The molecule has 0 radical (unpaired) electrons. The van der Waals surface area contributed by atoms with Crippen LogP contribution in [0.5, 0.6) is 0 Å². The summed E-state index contributed by atoms with van der Waals surface area (Å²) in [6, 6.07) is 8.28. The minimum absolute atomic E-state index is 0. The van der Waals surface area contributed by atoms with Crippen LogP contribution in [0.25, 0.3) is 11.0 Å². The fraction of sp³-hybridized carbons (Fsp3) is 0.500. The van der Waals surface area contributed by atoms with E-state index in [4.69, 9.17) is 0 Å². The SMILES string of the molecule is CCNC(=NCCCn1c(C)nc2ccccc21)N(C)C.I.